The van der Waals surface area contributed by atoms with E-state index in [0.717, 1.165) is 33.3 Å². The standard InChI is InChI=1S/C39H23N5O6/c1-2-42-32-6-4-3-5-26(32)29-19-25(13-16-33(29)42)43-35(46)27-14-11-23(17-30(27)37(43)48)24-12-15-28-31(18-24)38(49)44(36(28)47)39-41-40-34(50-39)22-9-7-21(20-45)8-10-22/h3-20H,2H2,1H3. The van der Waals surface area contributed by atoms with Gasteiger partial charge in [-0.15, -0.1) is 5.10 Å². The SMILES string of the molecule is CCn1c2ccccc2c2cc(N3C(=O)c4ccc(-c5ccc6c(c5)C(=O)N(c5nnc(-c7ccc(C=O)cc7)o5)C6=O)cc4C3=O)ccc21. The van der Waals surface area contributed by atoms with E-state index in [-0.39, 0.29) is 34.2 Å². The van der Waals surface area contributed by atoms with Gasteiger partial charge in [-0.2, -0.15) is 4.90 Å². The van der Waals surface area contributed by atoms with Gasteiger partial charge in [0.2, 0.25) is 5.89 Å². The number of anilines is 2. The average Bonchev–Trinajstić information content (AvgIpc) is 3.88. The number of nitrogens with zero attached hydrogens (tertiary/aromatic N) is 5. The number of carbonyl (C=O) groups excluding carboxylic acids is 5. The number of amides is 4. The number of fused-ring (bicyclic) bond motifs is 5. The lowest BCUT2D eigenvalue weighted by atomic mass is 9.97. The highest BCUT2D eigenvalue weighted by molar-refractivity contribution is 6.35. The predicted molar refractivity (Wildman–Crippen MR) is 184 cm³/mol. The van der Waals surface area contributed by atoms with Crippen LogP contribution in [0.25, 0.3) is 44.4 Å². The minimum absolute atomic E-state index is 0.0775. The summed E-state index contributed by atoms with van der Waals surface area (Å²) >= 11 is 0. The maximum Gasteiger partial charge on any atom is 0.332 e. The first-order valence-corrected chi connectivity index (χ1v) is 15.8. The average molecular weight is 658 g/mol. The van der Waals surface area contributed by atoms with Crippen molar-refractivity contribution in [3.63, 3.8) is 0 Å². The Hall–Kier alpha value is -7.01. The molecule has 2 aromatic heterocycles. The Morgan fingerprint density at radius 3 is 1.88 bits per heavy atom. The van der Waals surface area contributed by atoms with E-state index in [2.05, 4.69) is 27.8 Å². The number of hydrogen-bond acceptors (Lipinski definition) is 8. The normalized spacial score (nSPS) is 13.9. The van der Waals surface area contributed by atoms with E-state index < -0.39 is 23.6 Å². The van der Waals surface area contributed by atoms with E-state index in [4.69, 9.17) is 4.42 Å². The molecule has 11 heteroatoms. The second-order valence-electron chi connectivity index (χ2n) is 12.0. The predicted octanol–water partition coefficient (Wildman–Crippen LogP) is 6.95. The molecule has 0 fully saturated rings. The fourth-order valence-electron chi connectivity index (χ4n) is 6.90. The second-order valence-corrected chi connectivity index (χ2v) is 12.0. The van der Waals surface area contributed by atoms with Crippen LogP contribution in [0, 0.1) is 0 Å². The zero-order chi connectivity index (χ0) is 34.3. The highest BCUT2D eigenvalue weighted by Gasteiger charge is 2.41. The molecule has 2 aliphatic rings. The Morgan fingerprint density at radius 1 is 0.600 bits per heavy atom. The zero-order valence-corrected chi connectivity index (χ0v) is 26.3. The number of imide groups is 2. The Morgan fingerprint density at radius 2 is 1.20 bits per heavy atom. The Kier molecular flexibility index (Phi) is 6.27. The molecule has 0 saturated carbocycles. The highest BCUT2D eigenvalue weighted by atomic mass is 16.4. The molecule has 0 spiro atoms. The van der Waals surface area contributed by atoms with Crippen LogP contribution in [-0.2, 0) is 6.54 Å². The lowest BCUT2D eigenvalue weighted by Gasteiger charge is -2.14. The first-order chi connectivity index (χ1) is 24.4. The largest absolute Gasteiger partial charge is 0.403 e. The number of hydrogen-bond donors (Lipinski definition) is 0. The molecule has 50 heavy (non-hydrogen) atoms. The molecule has 0 radical (unpaired) electrons. The Labute approximate surface area is 283 Å². The van der Waals surface area contributed by atoms with E-state index in [9.17, 15) is 24.0 Å². The van der Waals surface area contributed by atoms with Crippen molar-refractivity contribution in [2.24, 2.45) is 0 Å². The monoisotopic (exact) mass is 657 g/mol. The van der Waals surface area contributed by atoms with E-state index >= 15 is 0 Å². The van der Waals surface area contributed by atoms with Gasteiger partial charge in [-0.1, -0.05) is 47.6 Å². The van der Waals surface area contributed by atoms with Crippen molar-refractivity contribution in [1.29, 1.82) is 0 Å². The van der Waals surface area contributed by atoms with Crippen LogP contribution < -0.4 is 9.80 Å². The summed E-state index contributed by atoms with van der Waals surface area (Å²) in [6.45, 7) is 2.85. The van der Waals surface area contributed by atoms with E-state index in [1.165, 1.54) is 11.0 Å². The lowest BCUT2D eigenvalue weighted by molar-refractivity contribution is 0.0906. The third-order valence-corrected chi connectivity index (χ3v) is 9.34. The summed E-state index contributed by atoms with van der Waals surface area (Å²) in [6, 6.07) is 29.5. The van der Waals surface area contributed by atoms with Crippen molar-refractivity contribution in [2.75, 3.05) is 9.80 Å². The molecule has 0 bridgehead atoms. The van der Waals surface area contributed by atoms with Gasteiger partial charge in [-0.05, 0) is 78.7 Å². The van der Waals surface area contributed by atoms with Crippen LogP contribution in [0.1, 0.15) is 58.7 Å². The molecule has 4 heterocycles. The molecule has 4 amide bonds. The molecule has 7 aromatic rings. The molecule has 9 rings (SSSR count). The molecular weight excluding hydrogens is 634 g/mol. The number of benzene rings is 5. The van der Waals surface area contributed by atoms with Gasteiger partial charge in [0, 0.05) is 39.5 Å². The highest BCUT2D eigenvalue weighted by Crippen LogP contribution is 2.37. The Bertz CT molecular complexity index is 2650. The summed E-state index contributed by atoms with van der Waals surface area (Å²) < 4.78 is 7.88. The quantitative estimate of drug-likeness (QED) is 0.139. The number of aldehydes is 1. The molecule has 11 nitrogen and oxygen atoms in total. The van der Waals surface area contributed by atoms with Crippen molar-refractivity contribution in [3.05, 3.63) is 131 Å². The maximum absolute atomic E-state index is 13.8. The molecule has 0 N–H and O–H groups in total. The molecular formula is C39H23N5O6. The summed E-state index contributed by atoms with van der Waals surface area (Å²) in [5, 5.41) is 9.90. The topological polar surface area (TPSA) is 136 Å². The van der Waals surface area contributed by atoms with Gasteiger partial charge in [0.05, 0.1) is 27.9 Å². The summed E-state index contributed by atoms with van der Waals surface area (Å²) in [5.41, 5.74) is 5.54. The van der Waals surface area contributed by atoms with E-state index in [1.807, 2.05) is 30.3 Å². The van der Waals surface area contributed by atoms with Crippen molar-refractivity contribution < 1.29 is 28.4 Å². The first-order valence-electron chi connectivity index (χ1n) is 15.8. The van der Waals surface area contributed by atoms with Gasteiger partial charge in [0.1, 0.15) is 6.29 Å². The van der Waals surface area contributed by atoms with Crippen LogP contribution in [0.5, 0.6) is 0 Å². The minimum atomic E-state index is -0.642. The molecule has 2 aliphatic heterocycles. The van der Waals surface area contributed by atoms with Crippen molar-refractivity contribution in [2.45, 2.75) is 13.5 Å². The molecule has 0 aliphatic carbocycles. The lowest BCUT2D eigenvalue weighted by Crippen LogP contribution is -2.29. The van der Waals surface area contributed by atoms with Crippen LogP contribution in [0.4, 0.5) is 11.7 Å². The molecule has 0 atom stereocenters. The molecule has 5 aromatic carbocycles. The van der Waals surface area contributed by atoms with Crippen LogP contribution in [0.15, 0.2) is 108 Å². The zero-order valence-electron chi connectivity index (χ0n) is 26.3. The van der Waals surface area contributed by atoms with E-state index in [0.29, 0.717) is 34.2 Å². The van der Waals surface area contributed by atoms with Gasteiger partial charge in [0.25, 0.3) is 23.6 Å². The van der Waals surface area contributed by atoms with Crippen LogP contribution in [0.3, 0.4) is 0 Å². The van der Waals surface area contributed by atoms with Gasteiger partial charge >= 0.3 is 6.01 Å². The summed E-state index contributed by atoms with van der Waals surface area (Å²) in [4.78, 5) is 67.3. The number of aryl methyl sites for hydroxylation is 1. The van der Waals surface area contributed by atoms with Gasteiger partial charge in [0.15, 0.2) is 0 Å². The summed E-state index contributed by atoms with van der Waals surface area (Å²) in [6.07, 6.45) is 0.708. The Balaban J connectivity index is 1.02. The van der Waals surface area contributed by atoms with E-state index in [1.54, 1.807) is 60.7 Å². The second kappa shape index (κ2) is 10.8. The van der Waals surface area contributed by atoms with Gasteiger partial charge in [-0.25, -0.2) is 4.90 Å². The van der Waals surface area contributed by atoms with Crippen LogP contribution in [-0.4, -0.2) is 44.7 Å². The number of para-hydroxylation sites is 1. The van der Waals surface area contributed by atoms with Crippen LogP contribution >= 0.6 is 0 Å². The fourth-order valence-corrected chi connectivity index (χ4v) is 6.90. The fraction of sp³-hybridized carbons (Fsp3) is 0.0513. The molecule has 0 saturated heterocycles. The summed E-state index contributed by atoms with van der Waals surface area (Å²) in [7, 11) is 0. The van der Waals surface area contributed by atoms with Crippen LogP contribution in [0.2, 0.25) is 0 Å². The smallest absolute Gasteiger partial charge is 0.332 e. The van der Waals surface area contributed by atoms with Crippen molar-refractivity contribution in [3.8, 4) is 22.6 Å². The third kappa shape index (κ3) is 4.13. The minimum Gasteiger partial charge on any atom is -0.403 e. The third-order valence-electron chi connectivity index (χ3n) is 9.34. The molecule has 240 valence electrons. The molecule has 0 unspecified atom stereocenters. The summed E-state index contributed by atoms with van der Waals surface area (Å²) in [5.74, 6) is -2.05. The first kappa shape index (κ1) is 29.2. The number of rotatable bonds is 6. The maximum atomic E-state index is 13.8. The van der Waals surface area contributed by atoms with Gasteiger partial charge < -0.3 is 8.98 Å². The number of aromatic nitrogens is 3. The van der Waals surface area contributed by atoms with Gasteiger partial charge in [-0.3, -0.25) is 24.0 Å². The van der Waals surface area contributed by atoms with Crippen molar-refractivity contribution >= 4 is 63.4 Å². The number of carbonyl (C=O) groups is 5. The van der Waals surface area contributed by atoms with Crippen molar-refractivity contribution in [1.82, 2.24) is 14.8 Å².